The zero-order chi connectivity index (χ0) is 21.1. The third-order valence-electron chi connectivity index (χ3n) is 4.30. The lowest BCUT2D eigenvalue weighted by atomic mass is 10.2. The standard InChI is InChI=1S/C21H19N5O3S/c1-13-8-19(26-21(24-13)22-12-23-26)30-18-6-4-15(5-7-18)25-20(27)14-9-16(28-2)11-17(10-14)29-3/h4-12H,1-3H3,(H,25,27). The third-order valence-corrected chi connectivity index (χ3v) is 5.30. The van der Waals surface area contributed by atoms with Crippen molar-refractivity contribution in [3.63, 3.8) is 0 Å². The smallest absolute Gasteiger partial charge is 0.255 e. The molecule has 2 aromatic heterocycles. The maximum Gasteiger partial charge on any atom is 0.255 e. The fraction of sp³-hybridized carbons (Fsp3) is 0.143. The topological polar surface area (TPSA) is 90.6 Å². The van der Waals surface area contributed by atoms with Gasteiger partial charge in [0.2, 0.25) is 0 Å². The highest BCUT2D eigenvalue weighted by atomic mass is 32.2. The largest absolute Gasteiger partial charge is 0.497 e. The first-order chi connectivity index (χ1) is 14.6. The van der Waals surface area contributed by atoms with Crippen LogP contribution in [0.25, 0.3) is 5.78 Å². The average molecular weight is 421 g/mol. The number of aryl methyl sites for hydroxylation is 1. The zero-order valence-electron chi connectivity index (χ0n) is 16.6. The molecule has 0 saturated heterocycles. The molecule has 2 aromatic carbocycles. The number of methoxy groups -OCH3 is 2. The lowest BCUT2D eigenvalue weighted by Crippen LogP contribution is -2.12. The van der Waals surface area contributed by atoms with Crippen molar-refractivity contribution in [3.05, 3.63) is 66.1 Å². The minimum atomic E-state index is -0.248. The predicted molar refractivity (Wildman–Crippen MR) is 114 cm³/mol. The number of nitrogens with one attached hydrogen (secondary N) is 1. The SMILES string of the molecule is COc1cc(OC)cc(C(=O)Nc2ccc(Sc3cc(C)nc4ncnn34)cc2)c1. The molecule has 152 valence electrons. The van der Waals surface area contributed by atoms with Crippen molar-refractivity contribution in [1.29, 1.82) is 0 Å². The minimum Gasteiger partial charge on any atom is -0.497 e. The number of rotatable bonds is 6. The summed E-state index contributed by atoms with van der Waals surface area (Å²) in [5, 5.41) is 8.02. The maximum absolute atomic E-state index is 12.6. The van der Waals surface area contributed by atoms with Crippen molar-refractivity contribution >= 4 is 29.1 Å². The summed E-state index contributed by atoms with van der Waals surface area (Å²) in [4.78, 5) is 22.1. The Morgan fingerprint density at radius 1 is 1.03 bits per heavy atom. The van der Waals surface area contributed by atoms with Crippen molar-refractivity contribution in [2.45, 2.75) is 16.8 Å². The number of aromatic nitrogens is 4. The van der Waals surface area contributed by atoms with Crippen molar-refractivity contribution in [2.24, 2.45) is 0 Å². The Morgan fingerprint density at radius 3 is 2.40 bits per heavy atom. The van der Waals surface area contributed by atoms with Gasteiger partial charge < -0.3 is 14.8 Å². The van der Waals surface area contributed by atoms with Gasteiger partial charge in [-0.15, -0.1) is 0 Å². The molecule has 4 aromatic rings. The number of nitrogens with zero attached hydrogens (tertiary/aromatic N) is 4. The molecule has 0 saturated carbocycles. The highest BCUT2D eigenvalue weighted by Gasteiger charge is 2.11. The molecular weight excluding hydrogens is 402 g/mol. The van der Waals surface area contributed by atoms with E-state index in [1.807, 2.05) is 37.3 Å². The number of benzene rings is 2. The minimum absolute atomic E-state index is 0.248. The quantitative estimate of drug-likeness (QED) is 0.473. The molecule has 30 heavy (non-hydrogen) atoms. The Morgan fingerprint density at radius 2 is 1.73 bits per heavy atom. The van der Waals surface area contributed by atoms with Gasteiger partial charge in [0, 0.05) is 27.9 Å². The van der Waals surface area contributed by atoms with Crippen LogP contribution >= 0.6 is 11.8 Å². The van der Waals surface area contributed by atoms with E-state index in [9.17, 15) is 4.79 Å². The van der Waals surface area contributed by atoms with E-state index in [4.69, 9.17) is 9.47 Å². The van der Waals surface area contributed by atoms with Gasteiger partial charge in [0.1, 0.15) is 22.9 Å². The fourth-order valence-electron chi connectivity index (χ4n) is 2.84. The predicted octanol–water partition coefficient (Wildman–Crippen LogP) is 3.85. The summed E-state index contributed by atoms with van der Waals surface area (Å²) in [7, 11) is 3.09. The Balaban J connectivity index is 1.50. The van der Waals surface area contributed by atoms with Crippen LogP contribution in [0.2, 0.25) is 0 Å². The van der Waals surface area contributed by atoms with Gasteiger partial charge in [0.15, 0.2) is 0 Å². The van der Waals surface area contributed by atoms with Crippen LogP contribution in [0.1, 0.15) is 16.1 Å². The first-order valence-electron chi connectivity index (χ1n) is 9.05. The van der Waals surface area contributed by atoms with Gasteiger partial charge in [-0.2, -0.15) is 14.6 Å². The molecule has 0 aliphatic rings. The normalized spacial score (nSPS) is 10.8. The van der Waals surface area contributed by atoms with Crippen molar-refractivity contribution in [3.8, 4) is 11.5 Å². The van der Waals surface area contributed by atoms with Crippen LogP contribution in [0.5, 0.6) is 11.5 Å². The highest BCUT2D eigenvalue weighted by molar-refractivity contribution is 7.99. The van der Waals surface area contributed by atoms with E-state index < -0.39 is 0 Å². The van der Waals surface area contributed by atoms with Crippen LogP contribution < -0.4 is 14.8 Å². The summed E-state index contributed by atoms with van der Waals surface area (Å²) < 4.78 is 12.1. The van der Waals surface area contributed by atoms with E-state index in [1.54, 1.807) is 48.7 Å². The molecule has 0 aliphatic heterocycles. The lowest BCUT2D eigenvalue weighted by molar-refractivity contribution is 0.102. The first kappa shape index (κ1) is 19.7. The molecule has 0 bridgehead atoms. The Bertz CT molecular complexity index is 1180. The van der Waals surface area contributed by atoms with Gasteiger partial charge >= 0.3 is 0 Å². The second-order valence-corrected chi connectivity index (χ2v) is 7.48. The molecule has 9 heteroatoms. The van der Waals surface area contributed by atoms with E-state index in [1.165, 1.54) is 6.33 Å². The van der Waals surface area contributed by atoms with Crippen molar-refractivity contribution in [2.75, 3.05) is 19.5 Å². The maximum atomic E-state index is 12.6. The van der Waals surface area contributed by atoms with Crippen molar-refractivity contribution in [1.82, 2.24) is 19.6 Å². The summed E-state index contributed by atoms with van der Waals surface area (Å²) in [5.74, 6) is 1.42. The summed E-state index contributed by atoms with van der Waals surface area (Å²) in [6.07, 6.45) is 1.48. The second kappa shape index (κ2) is 8.42. The fourth-order valence-corrected chi connectivity index (χ4v) is 3.80. The van der Waals surface area contributed by atoms with Crippen LogP contribution in [0, 0.1) is 6.92 Å². The van der Waals surface area contributed by atoms with E-state index in [0.717, 1.165) is 15.6 Å². The summed E-state index contributed by atoms with van der Waals surface area (Å²) in [6, 6.07) is 14.6. The molecule has 0 fully saturated rings. The Hall–Kier alpha value is -3.59. The van der Waals surface area contributed by atoms with E-state index in [2.05, 4.69) is 20.4 Å². The van der Waals surface area contributed by atoms with Gasteiger partial charge in [-0.25, -0.2) is 4.98 Å². The average Bonchev–Trinajstić information content (AvgIpc) is 3.23. The van der Waals surface area contributed by atoms with Gasteiger partial charge in [-0.1, -0.05) is 11.8 Å². The van der Waals surface area contributed by atoms with Crippen LogP contribution in [0.15, 0.2) is 64.8 Å². The molecule has 1 N–H and O–H groups in total. The van der Waals surface area contributed by atoms with Gasteiger partial charge in [0.05, 0.1) is 14.2 Å². The molecule has 0 spiro atoms. The number of carbonyl (C=O) groups is 1. The zero-order valence-corrected chi connectivity index (χ0v) is 17.4. The Labute approximate surface area is 177 Å². The van der Waals surface area contributed by atoms with Gasteiger partial charge in [-0.05, 0) is 49.4 Å². The van der Waals surface area contributed by atoms with Crippen molar-refractivity contribution < 1.29 is 14.3 Å². The molecule has 2 heterocycles. The molecule has 0 aliphatic carbocycles. The van der Waals surface area contributed by atoms with Crippen LogP contribution in [-0.2, 0) is 0 Å². The molecular formula is C21H19N5O3S. The van der Waals surface area contributed by atoms with Crippen LogP contribution in [0.3, 0.4) is 0 Å². The van der Waals surface area contributed by atoms with E-state index in [-0.39, 0.29) is 5.91 Å². The van der Waals surface area contributed by atoms with Gasteiger partial charge in [0.25, 0.3) is 11.7 Å². The van der Waals surface area contributed by atoms with E-state index >= 15 is 0 Å². The highest BCUT2D eigenvalue weighted by Crippen LogP contribution is 2.29. The first-order valence-corrected chi connectivity index (χ1v) is 9.87. The number of carbonyl (C=O) groups excluding carboxylic acids is 1. The molecule has 0 unspecified atom stereocenters. The van der Waals surface area contributed by atoms with Crippen LogP contribution in [0.4, 0.5) is 5.69 Å². The molecule has 8 nitrogen and oxygen atoms in total. The number of hydrogen-bond acceptors (Lipinski definition) is 7. The monoisotopic (exact) mass is 421 g/mol. The summed E-state index contributed by atoms with van der Waals surface area (Å²) >= 11 is 1.54. The Kier molecular flexibility index (Phi) is 5.53. The molecule has 4 rings (SSSR count). The number of anilines is 1. The number of amides is 1. The van der Waals surface area contributed by atoms with Crippen LogP contribution in [-0.4, -0.2) is 39.7 Å². The van der Waals surface area contributed by atoms with E-state index in [0.29, 0.717) is 28.5 Å². The third kappa shape index (κ3) is 4.20. The summed E-state index contributed by atoms with van der Waals surface area (Å²) in [6.45, 7) is 1.92. The number of fused-ring (bicyclic) bond motifs is 1. The second-order valence-electron chi connectivity index (χ2n) is 6.39. The van der Waals surface area contributed by atoms with Gasteiger partial charge in [-0.3, -0.25) is 4.79 Å². The molecule has 0 atom stereocenters. The summed E-state index contributed by atoms with van der Waals surface area (Å²) in [5.41, 5.74) is 2.00. The molecule has 0 radical (unpaired) electrons. The lowest BCUT2D eigenvalue weighted by Gasteiger charge is -2.10. The number of ether oxygens (including phenoxy) is 2. The molecule has 1 amide bonds. The number of hydrogen-bond donors (Lipinski definition) is 1.